The van der Waals surface area contributed by atoms with E-state index in [4.69, 9.17) is 4.42 Å². The third-order valence-electron chi connectivity index (χ3n) is 12.1. The standard InChI is InChI=1S/C55H35NOS/c1-4-14-38(15-5-1)55(39-16-6-2-7-17-39)47-22-12-10-20-43(47)44-30-29-42(35-48(44)55)56(40-18-8-3-9-19-40)41-27-24-36(25-28-41)37-26-31-49-46(34-37)53-50(57-49)32-33-52-54(53)45-21-11-13-23-51(45)58-52/h1-35H. The van der Waals surface area contributed by atoms with Gasteiger partial charge in [0.2, 0.25) is 0 Å². The van der Waals surface area contributed by atoms with Crippen LogP contribution < -0.4 is 4.90 Å². The maximum atomic E-state index is 6.44. The van der Waals surface area contributed by atoms with Crippen molar-refractivity contribution in [1.82, 2.24) is 0 Å². The van der Waals surface area contributed by atoms with Crippen LogP contribution in [0.15, 0.2) is 217 Å². The Morgan fingerprint density at radius 1 is 0.379 bits per heavy atom. The van der Waals surface area contributed by atoms with Gasteiger partial charge in [0.05, 0.1) is 5.41 Å². The number of hydrogen-bond donors (Lipinski definition) is 0. The Labute approximate surface area is 340 Å². The highest BCUT2D eigenvalue weighted by molar-refractivity contribution is 7.26. The number of hydrogen-bond acceptors (Lipinski definition) is 3. The summed E-state index contributed by atoms with van der Waals surface area (Å²) in [4.78, 5) is 2.39. The number of furan rings is 1. The minimum absolute atomic E-state index is 0.479. The van der Waals surface area contributed by atoms with E-state index in [0.717, 1.165) is 44.7 Å². The monoisotopic (exact) mass is 757 g/mol. The molecule has 11 aromatic rings. The summed E-state index contributed by atoms with van der Waals surface area (Å²) in [6, 6.07) is 77.4. The molecule has 0 fully saturated rings. The molecule has 12 rings (SSSR count). The summed E-state index contributed by atoms with van der Waals surface area (Å²) in [5.41, 5.74) is 14.7. The Morgan fingerprint density at radius 2 is 0.983 bits per heavy atom. The van der Waals surface area contributed by atoms with Crippen LogP contribution in [0.4, 0.5) is 17.1 Å². The van der Waals surface area contributed by atoms with Crippen molar-refractivity contribution >= 4 is 70.5 Å². The number of benzene rings is 9. The van der Waals surface area contributed by atoms with E-state index in [1.165, 1.54) is 58.9 Å². The predicted octanol–water partition coefficient (Wildman–Crippen LogP) is 15.5. The van der Waals surface area contributed by atoms with E-state index in [1.54, 1.807) is 0 Å². The Kier molecular flexibility index (Phi) is 7.35. The van der Waals surface area contributed by atoms with Crippen LogP contribution in [0.1, 0.15) is 22.3 Å². The highest BCUT2D eigenvalue weighted by Gasteiger charge is 2.46. The van der Waals surface area contributed by atoms with E-state index in [-0.39, 0.29) is 0 Å². The molecule has 0 radical (unpaired) electrons. The molecule has 1 aliphatic rings. The Bertz CT molecular complexity index is 3290. The smallest absolute Gasteiger partial charge is 0.136 e. The normalized spacial score (nSPS) is 13.0. The van der Waals surface area contributed by atoms with Gasteiger partial charge in [-0.1, -0.05) is 146 Å². The molecule has 3 heteroatoms. The summed E-state index contributed by atoms with van der Waals surface area (Å²) in [5, 5.41) is 4.91. The van der Waals surface area contributed by atoms with Crippen LogP contribution in [-0.4, -0.2) is 0 Å². The molecular formula is C55H35NOS. The van der Waals surface area contributed by atoms with Gasteiger partial charge in [0.1, 0.15) is 11.2 Å². The molecule has 0 atom stereocenters. The molecule has 0 N–H and O–H groups in total. The van der Waals surface area contributed by atoms with E-state index >= 15 is 0 Å². The van der Waals surface area contributed by atoms with Crippen molar-refractivity contribution in [2.75, 3.05) is 4.90 Å². The SMILES string of the molecule is c1ccc(N(c2ccc(-c3ccc4oc5ccc6sc7ccccc7c6c5c4c3)cc2)c2ccc3c(c2)C(c2ccccc2)(c2ccccc2)c2ccccc2-3)cc1. The van der Waals surface area contributed by atoms with Crippen LogP contribution in [0.3, 0.4) is 0 Å². The van der Waals surface area contributed by atoms with Crippen molar-refractivity contribution in [2.45, 2.75) is 5.41 Å². The zero-order chi connectivity index (χ0) is 38.2. The molecule has 0 unspecified atom stereocenters. The number of rotatable bonds is 6. The molecule has 0 bridgehead atoms. The fourth-order valence-electron chi connectivity index (χ4n) is 9.66. The first-order valence-electron chi connectivity index (χ1n) is 19.8. The van der Waals surface area contributed by atoms with Gasteiger partial charge in [-0.25, -0.2) is 0 Å². The maximum Gasteiger partial charge on any atom is 0.136 e. The molecule has 1 aliphatic carbocycles. The Hall–Kier alpha value is -7.20. The summed E-state index contributed by atoms with van der Waals surface area (Å²) in [6.45, 7) is 0. The molecule has 2 nitrogen and oxygen atoms in total. The van der Waals surface area contributed by atoms with E-state index in [2.05, 4.69) is 217 Å². The highest BCUT2D eigenvalue weighted by Crippen LogP contribution is 2.57. The average molecular weight is 758 g/mol. The molecular weight excluding hydrogens is 723 g/mol. The second-order valence-electron chi connectivity index (χ2n) is 15.2. The van der Waals surface area contributed by atoms with E-state index in [9.17, 15) is 0 Å². The Balaban J connectivity index is 1.01. The molecule has 2 heterocycles. The van der Waals surface area contributed by atoms with Gasteiger partial charge in [-0.3, -0.25) is 0 Å². The maximum absolute atomic E-state index is 6.44. The fourth-order valence-corrected chi connectivity index (χ4v) is 10.8. The second-order valence-corrected chi connectivity index (χ2v) is 16.3. The number of nitrogens with zero attached hydrogens (tertiary/aromatic N) is 1. The summed E-state index contributed by atoms with van der Waals surface area (Å²) >= 11 is 1.84. The molecule has 272 valence electrons. The van der Waals surface area contributed by atoms with Gasteiger partial charge in [-0.15, -0.1) is 11.3 Å². The number of para-hydroxylation sites is 1. The largest absolute Gasteiger partial charge is 0.456 e. The van der Waals surface area contributed by atoms with Crippen LogP contribution in [0, 0.1) is 0 Å². The molecule has 9 aromatic carbocycles. The third kappa shape index (κ3) is 4.84. The second kappa shape index (κ2) is 12.9. The van der Waals surface area contributed by atoms with E-state index in [1.807, 2.05) is 11.3 Å². The molecule has 58 heavy (non-hydrogen) atoms. The van der Waals surface area contributed by atoms with Crippen LogP contribution in [0.25, 0.3) is 64.4 Å². The van der Waals surface area contributed by atoms with Gasteiger partial charge < -0.3 is 9.32 Å². The minimum atomic E-state index is -0.479. The lowest BCUT2D eigenvalue weighted by Crippen LogP contribution is -2.28. The van der Waals surface area contributed by atoms with Crippen LogP contribution >= 0.6 is 11.3 Å². The summed E-state index contributed by atoms with van der Waals surface area (Å²) in [5.74, 6) is 0. The Morgan fingerprint density at radius 3 is 1.76 bits per heavy atom. The first-order valence-corrected chi connectivity index (χ1v) is 20.6. The van der Waals surface area contributed by atoms with Gasteiger partial charge in [0, 0.05) is 48.0 Å². The molecule has 2 aromatic heterocycles. The van der Waals surface area contributed by atoms with Crippen molar-refractivity contribution in [3.63, 3.8) is 0 Å². The van der Waals surface area contributed by atoms with Crippen molar-refractivity contribution in [1.29, 1.82) is 0 Å². The summed E-state index contributed by atoms with van der Waals surface area (Å²) in [6.07, 6.45) is 0. The van der Waals surface area contributed by atoms with Crippen molar-refractivity contribution in [2.24, 2.45) is 0 Å². The third-order valence-corrected chi connectivity index (χ3v) is 13.3. The zero-order valence-corrected chi connectivity index (χ0v) is 32.3. The van der Waals surface area contributed by atoms with Crippen molar-refractivity contribution < 1.29 is 4.42 Å². The van der Waals surface area contributed by atoms with Gasteiger partial charge in [-0.05, 0) is 111 Å². The lowest BCUT2D eigenvalue weighted by atomic mass is 9.67. The number of fused-ring (bicyclic) bond motifs is 10. The van der Waals surface area contributed by atoms with Crippen molar-refractivity contribution in [3.8, 4) is 22.3 Å². The van der Waals surface area contributed by atoms with Gasteiger partial charge in [0.25, 0.3) is 0 Å². The average Bonchev–Trinajstić information content (AvgIpc) is 3.95. The van der Waals surface area contributed by atoms with Gasteiger partial charge in [0.15, 0.2) is 0 Å². The highest BCUT2D eigenvalue weighted by atomic mass is 32.1. The molecule has 0 aliphatic heterocycles. The predicted molar refractivity (Wildman–Crippen MR) is 244 cm³/mol. The van der Waals surface area contributed by atoms with Gasteiger partial charge in [-0.2, -0.15) is 0 Å². The van der Waals surface area contributed by atoms with Crippen LogP contribution in [0.2, 0.25) is 0 Å². The zero-order valence-electron chi connectivity index (χ0n) is 31.5. The minimum Gasteiger partial charge on any atom is -0.456 e. The van der Waals surface area contributed by atoms with E-state index in [0.29, 0.717) is 0 Å². The first kappa shape index (κ1) is 33.0. The van der Waals surface area contributed by atoms with Crippen LogP contribution in [0.5, 0.6) is 0 Å². The fraction of sp³-hybridized carbons (Fsp3) is 0.0182. The topological polar surface area (TPSA) is 16.4 Å². The van der Waals surface area contributed by atoms with Crippen molar-refractivity contribution in [3.05, 3.63) is 235 Å². The molecule has 0 amide bonds. The molecule has 0 saturated carbocycles. The quantitative estimate of drug-likeness (QED) is 0.168. The lowest BCUT2D eigenvalue weighted by molar-refractivity contribution is 0.669. The molecule has 0 saturated heterocycles. The van der Waals surface area contributed by atoms with Crippen LogP contribution in [-0.2, 0) is 5.41 Å². The lowest BCUT2D eigenvalue weighted by Gasteiger charge is -2.35. The first-order chi connectivity index (χ1) is 28.8. The number of anilines is 3. The van der Waals surface area contributed by atoms with Gasteiger partial charge >= 0.3 is 0 Å². The van der Waals surface area contributed by atoms with E-state index < -0.39 is 5.41 Å². The summed E-state index contributed by atoms with van der Waals surface area (Å²) < 4.78 is 9.02. The number of thiophene rings is 1. The summed E-state index contributed by atoms with van der Waals surface area (Å²) in [7, 11) is 0. The molecule has 0 spiro atoms.